The number of ether oxygens (including phenoxy) is 2. The molecule has 1 aromatic carbocycles. The summed E-state index contributed by atoms with van der Waals surface area (Å²) < 4.78 is 38.4. The Morgan fingerprint density at radius 3 is 2.61 bits per heavy atom. The van der Waals surface area contributed by atoms with Crippen LogP contribution < -0.4 is 0 Å². The topological polar surface area (TPSA) is 76.2 Å². The molecule has 0 aromatic heterocycles. The summed E-state index contributed by atoms with van der Waals surface area (Å²) >= 11 is 0. The Morgan fingerprint density at radius 1 is 1.21 bits per heavy atom. The van der Waals surface area contributed by atoms with Gasteiger partial charge in [-0.15, -0.1) is 0 Å². The van der Waals surface area contributed by atoms with E-state index in [2.05, 4.69) is 0 Å². The number of piperazine rings is 1. The van der Waals surface area contributed by atoms with Crippen LogP contribution in [0.4, 0.5) is 0 Å². The minimum Gasteiger partial charge on any atom is -0.378 e. The molecule has 0 aliphatic carbocycles. The molecule has 2 aliphatic rings. The highest BCUT2D eigenvalue weighted by Crippen LogP contribution is 2.22. The van der Waals surface area contributed by atoms with Crippen molar-refractivity contribution >= 4 is 15.9 Å². The van der Waals surface area contributed by atoms with Gasteiger partial charge in [-0.2, -0.15) is 4.31 Å². The number of rotatable bonds is 7. The lowest BCUT2D eigenvalue weighted by atomic mass is 10.2. The van der Waals surface area contributed by atoms with E-state index in [-0.39, 0.29) is 12.0 Å². The molecule has 2 saturated heterocycles. The van der Waals surface area contributed by atoms with Crippen LogP contribution in [0.15, 0.2) is 23.1 Å². The monoisotopic (exact) mass is 410 g/mol. The third-order valence-electron chi connectivity index (χ3n) is 5.33. The van der Waals surface area contributed by atoms with Gasteiger partial charge in [-0.1, -0.05) is 17.7 Å². The van der Waals surface area contributed by atoms with Gasteiger partial charge in [0, 0.05) is 32.8 Å². The van der Waals surface area contributed by atoms with E-state index >= 15 is 0 Å². The molecular formula is C20H30N2O5S. The smallest absolute Gasteiger partial charge is 0.243 e. The van der Waals surface area contributed by atoms with Gasteiger partial charge in [0.05, 0.1) is 30.6 Å². The maximum atomic E-state index is 12.9. The minimum absolute atomic E-state index is 0.0101. The summed E-state index contributed by atoms with van der Waals surface area (Å²) in [6.07, 6.45) is 2.57. The lowest BCUT2D eigenvalue weighted by molar-refractivity contribution is -0.133. The van der Waals surface area contributed by atoms with Crippen molar-refractivity contribution in [3.8, 4) is 0 Å². The summed E-state index contributed by atoms with van der Waals surface area (Å²) in [5, 5.41) is 0. The Kier molecular flexibility index (Phi) is 7.09. The van der Waals surface area contributed by atoms with Crippen LogP contribution in [0.3, 0.4) is 0 Å². The van der Waals surface area contributed by atoms with Gasteiger partial charge in [0.2, 0.25) is 15.9 Å². The number of sulfonamides is 1. The van der Waals surface area contributed by atoms with Gasteiger partial charge in [-0.3, -0.25) is 4.79 Å². The molecule has 0 radical (unpaired) electrons. The van der Waals surface area contributed by atoms with Crippen LogP contribution in [-0.4, -0.2) is 75.6 Å². The van der Waals surface area contributed by atoms with Gasteiger partial charge in [0.25, 0.3) is 0 Å². The van der Waals surface area contributed by atoms with Gasteiger partial charge in [-0.25, -0.2) is 8.42 Å². The number of hydrogen-bond acceptors (Lipinski definition) is 5. The molecule has 2 fully saturated rings. The van der Waals surface area contributed by atoms with Crippen molar-refractivity contribution in [1.82, 2.24) is 9.21 Å². The molecule has 0 saturated carbocycles. The van der Waals surface area contributed by atoms with Crippen LogP contribution >= 0.6 is 0 Å². The highest BCUT2D eigenvalue weighted by atomic mass is 32.2. The van der Waals surface area contributed by atoms with E-state index in [9.17, 15) is 13.2 Å². The third-order valence-corrected chi connectivity index (χ3v) is 7.39. The molecule has 0 spiro atoms. The zero-order chi connectivity index (χ0) is 20.1. The summed E-state index contributed by atoms with van der Waals surface area (Å²) in [6, 6.07) is 5.36. The first-order chi connectivity index (χ1) is 13.4. The summed E-state index contributed by atoms with van der Waals surface area (Å²) in [6.45, 7) is 6.92. The van der Waals surface area contributed by atoms with Crippen molar-refractivity contribution in [3.05, 3.63) is 29.3 Å². The fourth-order valence-electron chi connectivity index (χ4n) is 3.71. The molecule has 7 nitrogen and oxygen atoms in total. The van der Waals surface area contributed by atoms with E-state index in [1.807, 2.05) is 26.0 Å². The number of amides is 1. The van der Waals surface area contributed by atoms with Gasteiger partial charge >= 0.3 is 0 Å². The number of carbonyl (C=O) groups is 1. The second kappa shape index (κ2) is 9.35. The predicted molar refractivity (Wildman–Crippen MR) is 106 cm³/mol. The molecule has 0 N–H and O–H groups in total. The zero-order valence-corrected chi connectivity index (χ0v) is 17.5. The number of carbonyl (C=O) groups excluding carboxylic acids is 1. The highest BCUT2D eigenvalue weighted by molar-refractivity contribution is 7.89. The molecule has 3 rings (SSSR count). The fraction of sp³-hybridized carbons (Fsp3) is 0.650. The average Bonchev–Trinajstić information content (AvgIpc) is 3.18. The van der Waals surface area contributed by atoms with Crippen LogP contribution in [0.5, 0.6) is 0 Å². The molecule has 0 bridgehead atoms. The van der Waals surface area contributed by atoms with Crippen molar-refractivity contribution < 1.29 is 22.7 Å². The number of nitrogens with zero attached hydrogens (tertiary/aromatic N) is 2. The lowest BCUT2D eigenvalue weighted by Gasteiger charge is -2.34. The Hall–Kier alpha value is -1.48. The highest BCUT2D eigenvalue weighted by Gasteiger charge is 2.30. The SMILES string of the molecule is Cc1ccc(S(=O)(=O)N2CCN(C(=O)CCOCC3CCCO3)CC2)c(C)c1. The van der Waals surface area contributed by atoms with Gasteiger partial charge in [-0.05, 0) is 38.3 Å². The number of aryl methyl sites for hydroxylation is 2. The Morgan fingerprint density at radius 2 is 1.96 bits per heavy atom. The molecule has 156 valence electrons. The first-order valence-corrected chi connectivity index (χ1v) is 11.4. The average molecular weight is 411 g/mol. The quantitative estimate of drug-likeness (QED) is 0.640. The van der Waals surface area contributed by atoms with E-state index in [1.165, 1.54) is 4.31 Å². The van der Waals surface area contributed by atoms with Gasteiger partial charge in [0.15, 0.2) is 0 Å². The predicted octanol–water partition coefficient (Wildman–Crippen LogP) is 1.72. The van der Waals surface area contributed by atoms with Crippen molar-refractivity contribution in [2.45, 2.75) is 44.1 Å². The van der Waals surface area contributed by atoms with Gasteiger partial charge < -0.3 is 14.4 Å². The fourth-order valence-corrected chi connectivity index (χ4v) is 5.34. The summed E-state index contributed by atoms with van der Waals surface area (Å²) in [5.74, 6) is 0.0101. The van der Waals surface area contributed by atoms with E-state index in [0.29, 0.717) is 50.7 Å². The third kappa shape index (κ3) is 5.11. The summed E-state index contributed by atoms with van der Waals surface area (Å²) in [5.41, 5.74) is 1.79. The Balaban J connectivity index is 1.46. The number of hydrogen-bond donors (Lipinski definition) is 0. The van der Waals surface area contributed by atoms with Crippen molar-refractivity contribution in [2.75, 3.05) is 46.0 Å². The van der Waals surface area contributed by atoms with Crippen LogP contribution in [-0.2, 0) is 24.3 Å². The van der Waals surface area contributed by atoms with Crippen molar-refractivity contribution in [1.29, 1.82) is 0 Å². The standard InChI is InChI=1S/C20H30N2O5S/c1-16-5-6-19(17(2)14-16)28(24,25)22-10-8-21(9-11-22)20(23)7-13-26-15-18-4-3-12-27-18/h5-6,14,18H,3-4,7-13,15H2,1-2H3. The zero-order valence-electron chi connectivity index (χ0n) is 16.7. The lowest BCUT2D eigenvalue weighted by Crippen LogP contribution is -2.50. The van der Waals surface area contributed by atoms with Crippen LogP contribution in [0, 0.1) is 13.8 Å². The molecule has 1 atom stereocenters. The van der Waals surface area contributed by atoms with Gasteiger partial charge in [0.1, 0.15) is 0 Å². The molecule has 8 heteroatoms. The van der Waals surface area contributed by atoms with Crippen LogP contribution in [0.1, 0.15) is 30.4 Å². The first-order valence-electron chi connectivity index (χ1n) is 9.92. The minimum atomic E-state index is -3.53. The molecule has 28 heavy (non-hydrogen) atoms. The Labute approximate surface area is 167 Å². The first kappa shape index (κ1) is 21.2. The molecule has 1 aromatic rings. The molecule has 2 aliphatic heterocycles. The number of benzene rings is 1. The molecule has 1 unspecified atom stereocenters. The second-order valence-corrected chi connectivity index (χ2v) is 9.42. The van der Waals surface area contributed by atoms with E-state index in [0.717, 1.165) is 30.6 Å². The normalized spacial score (nSPS) is 21.2. The molecule has 2 heterocycles. The maximum absolute atomic E-state index is 12.9. The van der Waals surface area contributed by atoms with Crippen LogP contribution in [0.2, 0.25) is 0 Å². The van der Waals surface area contributed by atoms with Crippen molar-refractivity contribution in [2.24, 2.45) is 0 Å². The Bertz CT molecular complexity index is 782. The summed E-state index contributed by atoms with van der Waals surface area (Å²) in [7, 11) is -3.53. The molecule has 1 amide bonds. The van der Waals surface area contributed by atoms with E-state index in [1.54, 1.807) is 11.0 Å². The van der Waals surface area contributed by atoms with Crippen LogP contribution in [0.25, 0.3) is 0 Å². The van der Waals surface area contributed by atoms with E-state index in [4.69, 9.17) is 9.47 Å². The maximum Gasteiger partial charge on any atom is 0.243 e. The second-order valence-electron chi connectivity index (χ2n) is 7.51. The van der Waals surface area contributed by atoms with E-state index < -0.39 is 10.0 Å². The largest absolute Gasteiger partial charge is 0.378 e. The van der Waals surface area contributed by atoms with Crippen molar-refractivity contribution in [3.63, 3.8) is 0 Å². The molecular weight excluding hydrogens is 380 g/mol. The summed E-state index contributed by atoms with van der Waals surface area (Å²) in [4.78, 5) is 14.4.